The Kier molecular flexibility index (Phi) is 5.62. The Labute approximate surface area is 130 Å². The monoisotopic (exact) mass is 311 g/mol. The summed E-state index contributed by atoms with van der Waals surface area (Å²) in [7, 11) is 0. The molecule has 1 atom stereocenters. The lowest BCUT2D eigenvalue weighted by Crippen LogP contribution is -2.29. The first-order valence-corrected chi connectivity index (χ1v) is 7.78. The Balaban J connectivity index is 2.17. The van der Waals surface area contributed by atoms with Crippen LogP contribution in [0.15, 0.2) is 12.1 Å². The zero-order chi connectivity index (χ0) is 15.4. The van der Waals surface area contributed by atoms with E-state index in [-0.39, 0.29) is 23.7 Å². The number of Topliss-reactive ketones (excluding diaryl/α,β-unsaturated/α-hetero) is 1. The van der Waals surface area contributed by atoms with Gasteiger partial charge in [0.1, 0.15) is 5.75 Å². The van der Waals surface area contributed by atoms with Crippen LogP contribution in [-0.2, 0) is 6.54 Å². The van der Waals surface area contributed by atoms with Crippen LogP contribution in [0.4, 0.5) is 0 Å². The summed E-state index contributed by atoms with van der Waals surface area (Å²) < 4.78 is 0. The number of nitrogens with zero attached hydrogens (tertiary/aromatic N) is 1. The molecule has 4 nitrogen and oxygen atoms in total. The molecule has 0 amide bonds. The molecule has 1 aliphatic heterocycles. The van der Waals surface area contributed by atoms with Crippen LogP contribution in [-0.4, -0.2) is 40.1 Å². The van der Waals surface area contributed by atoms with Crippen molar-refractivity contribution in [3.63, 3.8) is 0 Å². The van der Waals surface area contributed by atoms with Crippen molar-refractivity contribution < 1.29 is 15.0 Å². The number of rotatable bonds is 6. The fourth-order valence-corrected chi connectivity index (χ4v) is 3.26. The highest BCUT2D eigenvalue weighted by Crippen LogP contribution is 2.31. The van der Waals surface area contributed by atoms with Crippen molar-refractivity contribution in [2.24, 2.45) is 0 Å². The lowest BCUT2D eigenvalue weighted by atomic mass is 10.0. The summed E-state index contributed by atoms with van der Waals surface area (Å²) >= 11 is 6.06. The maximum absolute atomic E-state index is 11.6. The van der Waals surface area contributed by atoms with Crippen molar-refractivity contribution in [1.29, 1.82) is 0 Å². The van der Waals surface area contributed by atoms with E-state index in [9.17, 15) is 9.90 Å². The first-order chi connectivity index (χ1) is 10.0. The lowest BCUT2D eigenvalue weighted by molar-refractivity contribution is 0.101. The minimum Gasteiger partial charge on any atom is -0.507 e. The maximum atomic E-state index is 11.6. The van der Waals surface area contributed by atoms with Gasteiger partial charge in [-0.3, -0.25) is 9.69 Å². The van der Waals surface area contributed by atoms with E-state index < -0.39 is 0 Å². The van der Waals surface area contributed by atoms with Crippen LogP contribution in [0.25, 0.3) is 0 Å². The zero-order valence-corrected chi connectivity index (χ0v) is 13.1. The van der Waals surface area contributed by atoms with Gasteiger partial charge in [0.05, 0.1) is 5.56 Å². The predicted molar refractivity (Wildman–Crippen MR) is 82.9 cm³/mol. The molecule has 5 heteroatoms. The number of ketones is 1. The predicted octanol–water partition coefficient (Wildman–Crippen LogP) is 2.99. The average Bonchev–Trinajstić information content (AvgIpc) is 2.87. The third-order valence-corrected chi connectivity index (χ3v) is 4.32. The summed E-state index contributed by atoms with van der Waals surface area (Å²) in [4.78, 5) is 13.9. The number of carbonyl (C=O) groups excluding carboxylic acids is 1. The Hall–Kier alpha value is -1.10. The number of phenolic OH excluding ortho intramolecular Hbond substituents is 1. The molecule has 2 rings (SSSR count). The number of phenols is 1. The van der Waals surface area contributed by atoms with Gasteiger partial charge in [0, 0.05) is 29.8 Å². The molecule has 1 unspecified atom stereocenters. The van der Waals surface area contributed by atoms with Crippen molar-refractivity contribution in [3.05, 3.63) is 28.3 Å². The van der Waals surface area contributed by atoms with E-state index in [2.05, 4.69) is 4.90 Å². The first-order valence-electron chi connectivity index (χ1n) is 7.40. The molecular weight excluding hydrogens is 290 g/mol. The fraction of sp³-hybridized carbons (Fsp3) is 0.562. The van der Waals surface area contributed by atoms with Gasteiger partial charge < -0.3 is 10.2 Å². The molecule has 0 aliphatic carbocycles. The van der Waals surface area contributed by atoms with Crippen LogP contribution in [0.1, 0.15) is 48.5 Å². The van der Waals surface area contributed by atoms with Gasteiger partial charge in [-0.05, 0) is 51.3 Å². The lowest BCUT2D eigenvalue weighted by Gasteiger charge is -2.25. The van der Waals surface area contributed by atoms with E-state index in [1.807, 2.05) is 0 Å². The van der Waals surface area contributed by atoms with Crippen molar-refractivity contribution in [2.75, 3.05) is 13.2 Å². The largest absolute Gasteiger partial charge is 0.507 e. The first kappa shape index (κ1) is 16.3. The topological polar surface area (TPSA) is 60.8 Å². The van der Waals surface area contributed by atoms with Gasteiger partial charge in [0.15, 0.2) is 5.78 Å². The Morgan fingerprint density at radius 1 is 1.48 bits per heavy atom. The normalized spacial score (nSPS) is 19.1. The van der Waals surface area contributed by atoms with Gasteiger partial charge >= 0.3 is 0 Å². The number of aliphatic hydroxyl groups excluding tert-OH is 1. The highest BCUT2D eigenvalue weighted by atomic mass is 35.5. The molecule has 1 saturated heterocycles. The summed E-state index contributed by atoms with van der Waals surface area (Å²) in [6.07, 6.45) is 3.98. The van der Waals surface area contributed by atoms with Gasteiger partial charge in [0.25, 0.3) is 0 Å². The summed E-state index contributed by atoms with van der Waals surface area (Å²) in [6.45, 7) is 3.19. The molecule has 1 fully saturated rings. The molecule has 0 saturated carbocycles. The van der Waals surface area contributed by atoms with Crippen molar-refractivity contribution >= 4 is 17.4 Å². The Morgan fingerprint density at radius 3 is 2.90 bits per heavy atom. The zero-order valence-electron chi connectivity index (χ0n) is 12.3. The minimum absolute atomic E-state index is 0.0414. The number of likely N-dealkylation sites (tertiary alicyclic amines) is 1. The SMILES string of the molecule is CC(=O)c1cc(Cl)cc(CN2CCCC2CCCO)c1O. The van der Waals surface area contributed by atoms with Crippen LogP contribution in [0.5, 0.6) is 5.75 Å². The Bertz CT molecular complexity index is 518. The highest BCUT2D eigenvalue weighted by Gasteiger charge is 2.25. The molecule has 2 N–H and O–H groups in total. The van der Waals surface area contributed by atoms with E-state index >= 15 is 0 Å². The van der Waals surface area contributed by atoms with Crippen molar-refractivity contribution in [1.82, 2.24) is 4.90 Å². The van der Waals surface area contributed by atoms with E-state index in [1.165, 1.54) is 13.0 Å². The smallest absolute Gasteiger partial charge is 0.163 e. The number of benzene rings is 1. The van der Waals surface area contributed by atoms with Crippen molar-refractivity contribution in [2.45, 2.75) is 45.2 Å². The summed E-state index contributed by atoms with van der Waals surface area (Å²) in [5.74, 6) is -0.144. The van der Waals surface area contributed by atoms with E-state index in [0.29, 0.717) is 23.2 Å². The minimum atomic E-state index is -0.186. The molecule has 1 heterocycles. The molecule has 1 aromatic carbocycles. The van der Waals surface area contributed by atoms with E-state index in [1.54, 1.807) is 6.07 Å². The van der Waals surface area contributed by atoms with Crippen LogP contribution in [0, 0.1) is 0 Å². The third-order valence-electron chi connectivity index (χ3n) is 4.10. The molecule has 116 valence electrons. The number of halogens is 1. The average molecular weight is 312 g/mol. The second kappa shape index (κ2) is 7.25. The third kappa shape index (κ3) is 3.96. The van der Waals surface area contributed by atoms with Crippen LogP contribution in [0.3, 0.4) is 0 Å². The maximum Gasteiger partial charge on any atom is 0.163 e. The van der Waals surface area contributed by atoms with Gasteiger partial charge in [-0.2, -0.15) is 0 Å². The Morgan fingerprint density at radius 2 is 2.24 bits per heavy atom. The van der Waals surface area contributed by atoms with Gasteiger partial charge in [-0.1, -0.05) is 11.6 Å². The second-order valence-corrected chi connectivity index (χ2v) is 6.09. The highest BCUT2D eigenvalue weighted by molar-refractivity contribution is 6.31. The molecule has 1 aromatic rings. The molecule has 0 spiro atoms. The van der Waals surface area contributed by atoms with E-state index in [4.69, 9.17) is 16.7 Å². The molecule has 21 heavy (non-hydrogen) atoms. The number of hydrogen-bond donors (Lipinski definition) is 2. The van der Waals surface area contributed by atoms with E-state index in [0.717, 1.165) is 32.2 Å². The number of hydrogen-bond acceptors (Lipinski definition) is 4. The molecule has 0 aromatic heterocycles. The van der Waals surface area contributed by atoms with Gasteiger partial charge in [-0.15, -0.1) is 0 Å². The number of aliphatic hydroxyl groups is 1. The molecule has 0 bridgehead atoms. The fourth-order valence-electron chi connectivity index (χ4n) is 3.02. The number of aromatic hydroxyl groups is 1. The van der Waals surface area contributed by atoms with Crippen molar-refractivity contribution in [3.8, 4) is 5.75 Å². The molecule has 1 aliphatic rings. The van der Waals surface area contributed by atoms with Crippen LogP contribution >= 0.6 is 11.6 Å². The second-order valence-electron chi connectivity index (χ2n) is 5.65. The summed E-state index contributed by atoms with van der Waals surface area (Å²) in [6, 6.07) is 3.66. The standard InChI is InChI=1S/C16H22ClNO3/c1-11(20)15-9-13(17)8-12(16(15)21)10-18-6-2-4-14(18)5-3-7-19/h8-9,14,19,21H,2-7,10H2,1H3. The van der Waals surface area contributed by atoms with Gasteiger partial charge in [-0.25, -0.2) is 0 Å². The van der Waals surface area contributed by atoms with Crippen LogP contribution in [0.2, 0.25) is 5.02 Å². The quantitative estimate of drug-likeness (QED) is 0.793. The number of carbonyl (C=O) groups is 1. The summed E-state index contributed by atoms with van der Waals surface area (Å²) in [5.41, 5.74) is 0.979. The summed E-state index contributed by atoms with van der Waals surface area (Å²) in [5, 5.41) is 19.7. The molecule has 0 radical (unpaired) electrons. The molecular formula is C16H22ClNO3. The van der Waals surface area contributed by atoms with Crippen LogP contribution < -0.4 is 0 Å². The van der Waals surface area contributed by atoms with Gasteiger partial charge in [0.2, 0.25) is 0 Å².